The molecule has 0 spiro atoms. The molecule has 3 atom stereocenters. The molecule has 18 heavy (non-hydrogen) atoms. The first kappa shape index (κ1) is 14.2. The highest BCUT2D eigenvalue weighted by Crippen LogP contribution is 2.19. The van der Waals surface area contributed by atoms with Crippen LogP contribution in [0.15, 0.2) is 0 Å². The lowest BCUT2D eigenvalue weighted by molar-refractivity contribution is -0.0458. The number of morpholine rings is 1. The van der Waals surface area contributed by atoms with E-state index in [1.165, 1.54) is 0 Å². The van der Waals surface area contributed by atoms with E-state index < -0.39 is 10.2 Å². The lowest BCUT2D eigenvalue weighted by Crippen LogP contribution is -2.59. The van der Waals surface area contributed by atoms with E-state index in [0.29, 0.717) is 26.2 Å². The predicted octanol–water partition coefficient (Wildman–Crippen LogP) is -0.366. The van der Waals surface area contributed by atoms with Gasteiger partial charge in [0.15, 0.2) is 0 Å². The van der Waals surface area contributed by atoms with E-state index in [1.807, 2.05) is 20.8 Å². The van der Waals surface area contributed by atoms with Gasteiger partial charge in [-0.15, -0.1) is 0 Å². The van der Waals surface area contributed by atoms with Gasteiger partial charge in [-0.25, -0.2) is 0 Å². The van der Waals surface area contributed by atoms with Crippen molar-refractivity contribution in [2.24, 2.45) is 0 Å². The number of hydrogen-bond donors (Lipinski definition) is 1. The van der Waals surface area contributed by atoms with Crippen LogP contribution in [0.1, 0.15) is 20.8 Å². The van der Waals surface area contributed by atoms with Crippen LogP contribution in [-0.4, -0.2) is 68.0 Å². The van der Waals surface area contributed by atoms with Crippen molar-refractivity contribution in [1.29, 1.82) is 0 Å². The zero-order chi connectivity index (χ0) is 13.3. The van der Waals surface area contributed by atoms with Gasteiger partial charge < -0.3 is 10.1 Å². The summed E-state index contributed by atoms with van der Waals surface area (Å²) in [5, 5.41) is 3.21. The summed E-state index contributed by atoms with van der Waals surface area (Å²) in [5.74, 6) is 0. The Morgan fingerprint density at radius 1 is 1.17 bits per heavy atom. The highest BCUT2D eigenvalue weighted by Gasteiger charge is 2.38. The normalized spacial score (nSPS) is 36.7. The molecular weight excluding hydrogens is 254 g/mol. The lowest BCUT2D eigenvalue weighted by atomic mass is 10.3. The smallest absolute Gasteiger partial charge is 0.282 e. The molecule has 2 fully saturated rings. The Balaban J connectivity index is 2.14. The van der Waals surface area contributed by atoms with Crippen LogP contribution in [0.4, 0.5) is 0 Å². The molecular formula is C11H23N3O3S. The summed E-state index contributed by atoms with van der Waals surface area (Å²) in [4.78, 5) is 0. The fourth-order valence-electron chi connectivity index (χ4n) is 2.63. The monoisotopic (exact) mass is 277 g/mol. The third-order valence-electron chi connectivity index (χ3n) is 3.45. The van der Waals surface area contributed by atoms with Crippen LogP contribution in [0.3, 0.4) is 0 Å². The van der Waals surface area contributed by atoms with Gasteiger partial charge in [0.05, 0.1) is 12.2 Å². The Hall–Kier alpha value is -0.210. The van der Waals surface area contributed by atoms with Crippen molar-refractivity contribution in [3.05, 3.63) is 0 Å². The van der Waals surface area contributed by atoms with Crippen molar-refractivity contribution < 1.29 is 13.2 Å². The van der Waals surface area contributed by atoms with Crippen LogP contribution < -0.4 is 5.32 Å². The number of nitrogens with zero attached hydrogens (tertiary/aromatic N) is 2. The molecule has 0 aromatic heterocycles. The van der Waals surface area contributed by atoms with Gasteiger partial charge in [0.1, 0.15) is 0 Å². The summed E-state index contributed by atoms with van der Waals surface area (Å²) in [6, 6.07) is 0.0113. The van der Waals surface area contributed by atoms with E-state index in [-0.39, 0.29) is 18.2 Å². The van der Waals surface area contributed by atoms with Crippen LogP contribution in [0.5, 0.6) is 0 Å². The van der Waals surface area contributed by atoms with Crippen LogP contribution in [-0.2, 0) is 14.9 Å². The molecule has 2 rings (SSSR count). The van der Waals surface area contributed by atoms with Crippen molar-refractivity contribution in [1.82, 2.24) is 13.9 Å². The van der Waals surface area contributed by atoms with E-state index in [0.717, 1.165) is 6.54 Å². The van der Waals surface area contributed by atoms with Gasteiger partial charge in [0, 0.05) is 38.8 Å². The second-order valence-corrected chi connectivity index (χ2v) is 7.13. The van der Waals surface area contributed by atoms with Gasteiger partial charge in [0.2, 0.25) is 0 Å². The van der Waals surface area contributed by atoms with Crippen molar-refractivity contribution >= 4 is 10.2 Å². The number of hydrogen-bond acceptors (Lipinski definition) is 4. The molecule has 6 nitrogen and oxygen atoms in total. The summed E-state index contributed by atoms with van der Waals surface area (Å²) in [5.41, 5.74) is 0. The highest BCUT2D eigenvalue weighted by molar-refractivity contribution is 7.86. The van der Waals surface area contributed by atoms with Gasteiger partial charge >= 0.3 is 0 Å². The molecule has 0 aliphatic carbocycles. The molecule has 2 aliphatic rings. The van der Waals surface area contributed by atoms with Crippen molar-refractivity contribution in [3.8, 4) is 0 Å². The lowest BCUT2D eigenvalue weighted by Gasteiger charge is -2.40. The van der Waals surface area contributed by atoms with E-state index in [1.54, 1.807) is 8.61 Å². The minimum atomic E-state index is -3.35. The molecule has 0 aromatic carbocycles. The first-order valence-electron chi connectivity index (χ1n) is 6.54. The Morgan fingerprint density at radius 2 is 1.78 bits per heavy atom. The third-order valence-corrected chi connectivity index (χ3v) is 5.53. The zero-order valence-electron chi connectivity index (χ0n) is 11.3. The van der Waals surface area contributed by atoms with Crippen LogP contribution in [0.2, 0.25) is 0 Å². The fourth-order valence-corrected chi connectivity index (χ4v) is 4.58. The Bertz CT molecular complexity index is 377. The summed E-state index contributed by atoms with van der Waals surface area (Å²) in [6.07, 6.45) is -0.0801. The molecule has 1 N–H and O–H groups in total. The van der Waals surface area contributed by atoms with Crippen molar-refractivity contribution in [2.75, 3.05) is 32.7 Å². The second-order valence-electron chi connectivity index (χ2n) is 5.25. The molecule has 0 aromatic rings. The maximum absolute atomic E-state index is 12.6. The summed E-state index contributed by atoms with van der Waals surface area (Å²) in [6.45, 7) is 8.65. The zero-order valence-corrected chi connectivity index (χ0v) is 12.1. The first-order valence-corrected chi connectivity index (χ1v) is 7.94. The SMILES string of the molecule is CC1CN(S(=O)(=O)N2CCNCC2C)CC(C)O1. The number of piperazine rings is 1. The minimum Gasteiger partial charge on any atom is -0.373 e. The van der Waals surface area contributed by atoms with Crippen molar-refractivity contribution in [3.63, 3.8) is 0 Å². The largest absolute Gasteiger partial charge is 0.373 e. The Kier molecular flexibility index (Phi) is 4.28. The summed E-state index contributed by atoms with van der Waals surface area (Å²) >= 11 is 0. The van der Waals surface area contributed by atoms with Crippen LogP contribution in [0.25, 0.3) is 0 Å². The average molecular weight is 277 g/mol. The topological polar surface area (TPSA) is 61.9 Å². The van der Waals surface area contributed by atoms with Gasteiger partial charge in [0.25, 0.3) is 10.2 Å². The Labute approximate surface area is 109 Å². The molecule has 0 saturated carbocycles. The predicted molar refractivity (Wildman–Crippen MR) is 69.5 cm³/mol. The standard InChI is InChI=1S/C11H23N3O3S/c1-9-6-12-4-5-14(9)18(15,16)13-7-10(2)17-11(3)8-13/h9-12H,4-8H2,1-3H3. The Morgan fingerprint density at radius 3 is 2.33 bits per heavy atom. The molecule has 2 saturated heterocycles. The van der Waals surface area contributed by atoms with E-state index in [9.17, 15) is 8.42 Å². The molecule has 3 unspecified atom stereocenters. The molecule has 2 aliphatic heterocycles. The number of rotatable bonds is 2. The highest BCUT2D eigenvalue weighted by atomic mass is 32.2. The number of ether oxygens (including phenoxy) is 1. The molecule has 2 heterocycles. The molecule has 106 valence electrons. The van der Waals surface area contributed by atoms with Crippen LogP contribution in [0, 0.1) is 0 Å². The minimum absolute atomic E-state index is 0.0113. The van der Waals surface area contributed by atoms with E-state index >= 15 is 0 Å². The molecule has 0 bridgehead atoms. The first-order chi connectivity index (χ1) is 8.41. The summed E-state index contributed by atoms with van der Waals surface area (Å²) < 4.78 is 34.0. The number of nitrogens with one attached hydrogen (secondary N) is 1. The van der Waals surface area contributed by atoms with E-state index in [4.69, 9.17) is 4.74 Å². The maximum atomic E-state index is 12.6. The van der Waals surface area contributed by atoms with Gasteiger partial charge in [-0.2, -0.15) is 17.0 Å². The molecule has 0 amide bonds. The molecule has 0 radical (unpaired) electrons. The van der Waals surface area contributed by atoms with E-state index in [2.05, 4.69) is 5.32 Å². The van der Waals surface area contributed by atoms with Crippen molar-refractivity contribution in [2.45, 2.75) is 39.0 Å². The maximum Gasteiger partial charge on any atom is 0.282 e. The fraction of sp³-hybridized carbons (Fsp3) is 1.00. The average Bonchev–Trinajstić information content (AvgIpc) is 2.28. The third kappa shape index (κ3) is 2.85. The summed E-state index contributed by atoms with van der Waals surface area (Å²) in [7, 11) is -3.35. The van der Waals surface area contributed by atoms with Gasteiger partial charge in [-0.05, 0) is 20.8 Å². The quantitative estimate of drug-likeness (QED) is 0.748. The van der Waals surface area contributed by atoms with Crippen LogP contribution >= 0.6 is 0 Å². The molecule has 7 heteroatoms. The van der Waals surface area contributed by atoms with Gasteiger partial charge in [-0.3, -0.25) is 0 Å². The van der Waals surface area contributed by atoms with Gasteiger partial charge in [-0.1, -0.05) is 0 Å². The second kappa shape index (κ2) is 5.42.